The van der Waals surface area contributed by atoms with Gasteiger partial charge >= 0.3 is 0 Å². The molecule has 36 heavy (non-hydrogen) atoms. The standard InChI is InChI=1S/C26H35N3O6S/c1-6-36(32,33)29(22-10-11-23-24(15-22)35-13-12-34-23)17-25(30)28(20(5)26(31)27-18(2)3)16-21-9-7-8-19(4)14-21/h7-11,14-15,18,20H,6,12-13,16-17H2,1-5H3,(H,27,31)/t20-/m0/s1. The van der Waals surface area contributed by atoms with Crippen LogP contribution in [0.4, 0.5) is 5.69 Å². The van der Waals surface area contributed by atoms with E-state index < -0.39 is 28.5 Å². The quantitative estimate of drug-likeness (QED) is 0.520. The number of nitrogens with one attached hydrogen (secondary N) is 1. The number of carbonyl (C=O) groups excluding carboxylic acids is 2. The lowest BCUT2D eigenvalue weighted by atomic mass is 10.1. The molecule has 9 nitrogen and oxygen atoms in total. The van der Waals surface area contributed by atoms with E-state index in [1.807, 2.05) is 45.0 Å². The topological polar surface area (TPSA) is 105 Å². The largest absolute Gasteiger partial charge is 0.486 e. The van der Waals surface area contributed by atoms with Gasteiger partial charge in [-0.2, -0.15) is 0 Å². The van der Waals surface area contributed by atoms with Gasteiger partial charge in [-0.15, -0.1) is 0 Å². The van der Waals surface area contributed by atoms with Gasteiger partial charge in [-0.05, 0) is 52.3 Å². The van der Waals surface area contributed by atoms with E-state index in [4.69, 9.17) is 9.47 Å². The van der Waals surface area contributed by atoms with E-state index in [0.717, 1.165) is 15.4 Å². The number of carbonyl (C=O) groups is 2. The molecule has 0 saturated heterocycles. The summed E-state index contributed by atoms with van der Waals surface area (Å²) in [6.07, 6.45) is 0. The molecule has 3 rings (SSSR count). The third kappa shape index (κ3) is 6.69. The summed E-state index contributed by atoms with van der Waals surface area (Å²) in [7, 11) is -3.82. The molecule has 10 heteroatoms. The van der Waals surface area contributed by atoms with Gasteiger partial charge in [0.05, 0.1) is 11.4 Å². The molecule has 196 valence electrons. The number of rotatable bonds is 10. The van der Waals surface area contributed by atoms with Gasteiger partial charge in [0.25, 0.3) is 0 Å². The molecule has 2 aromatic rings. The SMILES string of the molecule is CCS(=O)(=O)N(CC(=O)N(Cc1cccc(C)c1)[C@@H](C)C(=O)NC(C)C)c1ccc2c(c1)OCCO2. The Morgan fingerprint density at radius 3 is 2.36 bits per heavy atom. The van der Waals surface area contributed by atoms with E-state index in [1.165, 1.54) is 11.8 Å². The summed E-state index contributed by atoms with van der Waals surface area (Å²) in [4.78, 5) is 28.0. The lowest BCUT2D eigenvalue weighted by molar-refractivity contribution is -0.139. The Morgan fingerprint density at radius 2 is 1.72 bits per heavy atom. The highest BCUT2D eigenvalue weighted by atomic mass is 32.2. The number of sulfonamides is 1. The molecule has 2 amide bonds. The summed E-state index contributed by atoms with van der Waals surface area (Å²) in [6, 6.07) is 11.5. The maximum Gasteiger partial charge on any atom is 0.244 e. The van der Waals surface area contributed by atoms with Gasteiger partial charge in [-0.25, -0.2) is 8.42 Å². The summed E-state index contributed by atoms with van der Waals surface area (Å²) in [5.74, 6) is -0.0604. The van der Waals surface area contributed by atoms with E-state index in [0.29, 0.717) is 30.4 Å². The third-order valence-corrected chi connectivity index (χ3v) is 7.57. The van der Waals surface area contributed by atoms with Gasteiger partial charge in [-0.3, -0.25) is 13.9 Å². The van der Waals surface area contributed by atoms with Crippen molar-refractivity contribution < 1.29 is 27.5 Å². The van der Waals surface area contributed by atoms with Crippen molar-refractivity contribution >= 4 is 27.5 Å². The number of fused-ring (bicyclic) bond motifs is 1. The average molecular weight is 518 g/mol. The van der Waals surface area contributed by atoms with E-state index >= 15 is 0 Å². The third-order valence-electron chi connectivity index (χ3n) is 5.83. The molecule has 0 bridgehead atoms. The van der Waals surface area contributed by atoms with Gasteiger partial charge in [0.2, 0.25) is 21.8 Å². The van der Waals surface area contributed by atoms with Gasteiger partial charge in [0.1, 0.15) is 25.8 Å². The van der Waals surface area contributed by atoms with Crippen LogP contribution in [0.2, 0.25) is 0 Å². The Balaban J connectivity index is 1.95. The summed E-state index contributed by atoms with van der Waals surface area (Å²) in [5.41, 5.74) is 2.16. The lowest BCUT2D eigenvalue weighted by Crippen LogP contribution is -2.52. The minimum Gasteiger partial charge on any atom is -0.486 e. The Hall–Kier alpha value is -3.27. The van der Waals surface area contributed by atoms with Gasteiger partial charge in [0, 0.05) is 18.7 Å². The lowest BCUT2D eigenvalue weighted by Gasteiger charge is -2.32. The normalized spacial score (nSPS) is 13.7. The predicted octanol–water partition coefficient (Wildman–Crippen LogP) is 2.86. The van der Waals surface area contributed by atoms with Crippen LogP contribution in [0, 0.1) is 6.92 Å². The zero-order chi connectivity index (χ0) is 26.5. The first-order chi connectivity index (χ1) is 17.0. The number of ether oxygens (including phenoxy) is 2. The smallest absolute Gasteiger partial charge is 0.244 e. The Kier molecular flexibility index (Phi) is 8.84. The fourth-order valence-corrected chi connectivity index (χ4v) is 4.96. The molecule has 2 aromatic carbocycles. The van der Waals surface area contributed by atoms with Crippen LogP contribution in [0.25, 0.3) is 0 Å². The summed E-state index contributed by atoms with van der Waals surface area (Å²) >= 11 is 0. The number of aryl methyl sites for hydroxylation is 1. The maximum absolute atomic E-state index is 13.7. The number of hydrogen-bond donors (Lipinski definition) is 1. The molecule has 0 spiro atoms. The number of nitrogens with zero attached hydrogens (tertiary/aromatic N) is 2. The van der Waals surface area contributed by atoms with E-state index in [9.17, 15) is 18.0 Å². The molecule has 0 aromatic heterocycles. The van der Waals surface area contributed by atoms with Crippen LogP contribution in [-0.4, -0.2) is 62.7 Å². The van der Waals surface area contributed by atoms with Gasteiger partial charge < -0.3 is 19.7 Å². The van der Waals surface area contributed by atoms with Crippen LogP contribution in [0.15, 0.2) is 42.5 Å². The highest BCUT2D eigenvalue weighted by Gasteiger charge is 2.31. The molecule has 0 saturated carbocycles. The van der Waals surface area contributed by atoms with Gasteiger partial charge in [-0.1, -0.05) is 29.8 Å². The molecule has 1 atom stereocenters. The predicted molar refractivity (Wildman–Crippen MR) is 139 cm³/mol. The molecule has 1 aliphatic heterocycles. The van der Waals surface area contributed by atoms with Crippen LogP contribution in [-0.2, 0) is 26.2 Å². The minimum atomic E-state index is -3.82. The zero-order valence-corrected chi connectivity index (χ0v) is 22.3. The Labute approximate surface area is 213 Å². The van der Waals surface area contributed by atoms with Crippen molar-refractivity contribution in [2.24, 2.45) is 0 Å². The first-order valence-corrected chi connectivity index (χ1v) is 13.7. The average Bonchev–Trinajstić information content (AvgIpc) is 2.84. The molecule has 1 aliphatic rings. The summed E-state index contributed by atoms with van der Waals surface area (Å²) in [5, 5.41) is 2.84. The first-order valence-electron chi connectivity index (χ1n) is 12.1. The van der Waals surface area contributed by atoms with Crippen LogP contribution in [0.3, 0.4) is 0 Å². The summed E-state index contributed by atoms with van der Waals surface area (Å²) < 4.78 is 38.4. The second-order valence-corrected chi connectivity index (χ2v) is 11.3. The fraction of sp³-hybridized carbons (Fsp3) is 0.462. The van der Waals surface area contributed by atoms with Crippen molar-refractivity contribution in [3.63, 3.8) is 0 Å². The molecular formula is C26H35N3O6S. The molecular weight excluding hydrogens is 482 g/mol. The second kappa shape index (κ2) is 11.6. The van der Waals surface area contributed by atoms with E-state index in [1.54, 1.807) is 25.1 Å². The van der Waals surface area contributed by atoms with E-state index in [2.05, 4.69) is 5.32 Å². The Morgan fingerprint density at radius 1 is 1.03 bits per heavy atom. The molecule has 0 unspecified atom stereocenters. The molecule has 1 heterocycles. The van der Waals surface area contributed by atoms with Crippen molar-refractivity contribution in [3.8, 4) is 11.5 Å². The van der Waals surface area contributed by atoms with Crippen LogP contribution in [0.1, 0.15) is 38.8 Å². The monoisotopic (exact) mass is 517 g/mol. The number of anilines is 1. The zero-order valence-electron chi connectivity index (χ0n) is 21.5. The number of amides is 2. The van der Waals surface area contributed by atoms with Crippen molar-refractivity contribution in [1.82, 2.24) is 10.2 Å². The number of benzene rings is 2. The minimum absolute atomic E-state index is 0.106. The van der Waals surface area contributed by atoms with Crippen LogP contribution < -0.4 is 19.1 Å². The second-order valence-electron chi connectivity index (χ2n) is 9.09. The first kappa shape index (κ1) is 27.3. The van der Waals surface area contributed by atoms with Crippen molar-refractivity contribution in [2.75, 3.05) is 29.8 Å². The Bertz CT molecular complexity index is 1200. The van der Waals surface area contributed by atoms with Crippen molar-refractivity contribution in [2.45, 2.75) is 53.2 Å². The summed E-state index contributed by atoms with van der Waals surface area (Å²) in [6.45, 7) is 9.26. The van der Waals surface area contributed by atoms with Crippen LogP contribution in [0.5, 0.6) is 11.5 Å². The molecule has 0 aliphatic carbocycles. The highest BCUT2D eigenvalue weighted by Crippen LogP contribution is 2.35. The molecule has 0 radical (unpaired) electrons. The number of hydrogen-bond acceptors (Lipinski definition) is 6. The molecule has 0 fully saturated rings. The van der Waals surface area contributed by atoms with Crippen molar-refractivity contribution in [3.05, 3.63) is 53.6 Å². The van der Waals surface area contributed by atoms with Gasteiger partial charge in [0.15, 0.2) is 11.5 Å². The maximum atomic E-state index is 13.7. The van der Waals surface area contributed by atoms with E-state index in [-0.39, 0.29) is 24.2 Å². The van der Waals surface area contributed by atoms with Crippen molar-refractivity contribution in [1.29, 1.82) is 0 Å². The fourth-order valence-electron chi connectivity index (χ4n) is 3.90. The highest BCUT2D eigenvalue weighted by molar-refractivity contribution is 7.92. The van der Waals surface area contributed by atoms with Crippen LogP contribution >= 0.6 is 0 Å². The molecule has 1 N–H and O–H groups in total.